The summed E-state index contributed by atoms with van der Waals surface area (Å²) >= 11 is 0. The van der Waals surface area contributed by atoms with Crippen LogP contribution in [0.1, 0.15) is 47.0 Å². The van der Waals surface area contributed by atoms with E-state index in [1.54, 1.807) is 0 Å². The Morgan fingerprint density at radius 3 is 2.29 bits per heavy atom. The van der Waals surface area contributed by atoms with Gasteiger partial charge in [0.1, 0.15) is 0 Å². The second kappa shape index (κ2) is 8.08. The van der Waals surface area contributed by atoms with Gasteiger partial charge in [-0.3, -0.25) is 9.69 Å². The molecule has 0 saturated heterocycles. The first-order valence-corrected chi connectivity index (χ1v) is 6.37. The molecule has 1 N–H and O–H groups in total. The van der Waals surface area contributed by atoms with E-state index in [0.717, 1.165) is 12.8 Å². The van der Waals surface area contributed by atoms with E-state index in [9.17, 15) is 4.79 Å². The molecule has 0 aliphatic rings. The molecule has 0 radical (unpaired) electrons. The van der Waals surface area contributed by atoms with E-state index in [0.29, 0.717) is 6.42 Å². The van der Waals surface area contributed by atoms with Gasteiger partial charge in [0.15, 0.2) is 0 Å². The van der Waals surface area contributed by atoms with Crippen LogP contribution in [0.5, 0.6) is 0 Å². The molecule has 2 atom stereocenters. The summed E-state index contributed by atoms with van der Waals surface area (Å²) in [5.41, 5.74) is 0. The van der Waals surface area contributed by atoms with Gasteiger partial charge in [0.2, 0.25) is 5.91 Å². The smallest absolute Gasteiger partial charge is 0.237 e. The van der Waals surface area contributed by atoms with Crippen LogP contribution in [0.4, 0.5) is 0 Å². The van der Waals surface area contributed by atoms with E-state index in [4.69, 9.17) is 5.26 Å². The number of likely N-dealkylation sites (N-methyl/N-ethyl adjacent to an activating group) is 1. The Kier molecular flexibility index (Phi) is 7.56. The Bertz CT molecular complexity index is 268. The summed E-state index contributed by atoms with van der Waals surface area (Å²) in [5, 5.41) is 11.7. The van der Waals surface area contributed by atoms with Gasteiger partial charge in [-0.25, -0.2) is 0 Å². The number of nitrogens with one attached hydrogen (secondary N) is 1. The molecular weight excluding hydrogens is 214 g/mol. The maximum Gasteiger partial charge on any atom is 0.237 e. The topological polar surface area (TPSA) is 56.1 Å². The quantitative estimate of drug-likeness (QED) is 0.738. The van der Waals surface area contributed by atoms with Gasteiger partial charge >= 0.3 is 0 Å². The molecule has 0 heterocycles. The van der Waals surface area contributed by atoms with E-state index in [-0.39, 0.29) is 24.0 Å². The number of amides is 1. The number of rotatable bonds is 7. The normalized spacial score (nSPS) is 14.5. The molecule has 2 unspecified atom stereocenters. The van der Waals surface area contributed by atoms with Crippen LogP contribution in [-0.2, 0) is 4.79 Å². The molecule has 0 aromatic rings. The molecule has 0 aromatic heterocycles. The van der Waals surface area contributed by atoms with Gasteiger partial charge < -0.3 is 5.32 Å². The van der Waals surface area contributed by atoms with Crippen molar-refractivity contribution in [2.24, 2.45) is 0 Å². The summed E-state index contributed by atoms with van der Waals surface area (Å²) in [7, 11) is 1.89. The number of nitrogens with zero attached hydrogens (tertiary/aromatic N) is 2. The van der Waals surface area contributed by atoms with E-state index in [1.165, 1.54) is 0 Å². The number of carbonyl (C=O) groups excluding carboxylic acids is 1. The van der Waals surface area contributed by atoms with Crippen molar-refractivity contribution in [3.05, 3.63) is 0 Å². The highest BCUT2D eigenvalue weighted by Crippen LogP contribution is 2.07. The average molecular weight is 239 g/mol. The molecule has 1 amide bonds. The largest absolute Gasteiger partial charge is 0.352 e. The Morgan fingerprint density at radius 1 is 1.35 bits per heavy atom. The zero-order valence-corrected chi connectivity index (χ0v) is 11.7. The minimum atomic E-state index is -0.195. The lowest BCUT2D eigenvalue weighted by molar-refractivity contribution is -0.126. The van der Waals surface area contributed by atoms with Gasteiger partial charge in [0.25, 0.3) is 0 Å². The standard InChI is InChI=1S/C13H25N3O/c1-6-12(7-2)15-13(17)11(4)16(5)10(3)8-9-14/h10-12H,6-8H2,1-5H3,(H,15,17). The van der Waals surface area contributed by atoms with Crippen molar-refractivity contribution in [3.63, 3.8) is 0 Å². The lowest BCUT2D eigenvalue weighted by Crippen LogP contribution is -2.49. The van der Waals surface area contributed by atoms with Gasteiger partial charge in [0, 0.05) is 12.1 Å². The first-order chi connectivity index (χ1) is 7.97. The maximum atomic E-state index is 12.0. The van der Waals surface area contributed by atoms with Gasteiger partial charge in [-0.2, -0.15) is 5.26 Å². The number of hydrogen-bond donors (Lipinski definition) is 1. The predicted octanol–water partition coefficient (Wildman–Crippen LogP) is 1.91. The van der Waals surface area contributed by atoms with Crippen molar-refractivity contribution < 1.29 is 4.79 Å². The van der Waals surface area contributed by atoms with Crippen molar-refractivity contribution in [1.82, 2.24) is 10.2 Å². The van der Waals surface area contributed by atoms with Crippen molar-refractivity contribution >= 4 is 5.91 Å². The van der Waals surface area contributed by atoms with Crippen molar-refractivity contribution in [3.8, 4) is 6.07 Å². The van der Waals surface area contributed by atoms with Gasteiger partial charge in [-0.1, -0.05) is 13.8 Å². The van der Waals surface area contributed by atoms with Crippen LogP contribution in [0.25, 0.3) is 0 Å². The third-order valence-electron chi connectivity index (χ3n) is 3.40. The molecule has 0 bridgehead atoms. The second-order valence-corrected chi connectivity index (χ2v) is 4.57. The highest BCUT2D eigenvalue weighted by Gasteiger charge is 2.23. The zero-order valence-electron chi connectivity index (χ0n) is 11.7. The predicted molar refractivity (Wildman–Crippen MR) is 69.4 cm³/mol. The zero-order chi connectivity index (χ0) is 13.4. The van der Waals surface area contributed by atoms with Gasteiger partial charge in [-0.05, 0) is 33.7 Å². The van der Waals surface area contributed by atoms with Crippen LogP contribution in [0.3, 0.4) is 0 Å². The van der Waals surface area contributed by atoms with Crippen LogP contribution < -0.4 is 5.32 Å². The summed E-state index contributed by atoms with van der Waals surface area (Å²) in [6.07, 6.45) is 2.35. The Morgan fingerprint density at radius 2 is 1.88 bits per heavy atom. The Balaban J connectivity index is 4.34. The molecule has 4 nitrogen and oxygen atoms in total. The lowest BCUT2D eigenvalue weighted by Gasteiger charge is -2.29. The molecule has 0 aliphatic heterocycles. The Hall–Kier alpha value is -1.08. The molecular formula is C13H25N3O. The summed E-state index contributed by atoms with van der Waals surface area (Å²) in [6.45, 7) is 7.98. The molecule has 0 aromatic carbocycles. The minimum Gasteiger partial charge on any atom is -0.352 e. The van der Waals surface area contributed by atoms with Crippen molar-refractivity contribution in [2.75, 3.05) is 7.05 Å². The molecule has 0 spiro atoms. The summed E-state index contributed by atoms with van der Waals surface area (Å²) in [5.74, 6) is 0.0472. The fourth-order valence-corrected chi connectivity index (χ4v) is 1.66. The van der Waals surface area contributed by atoms with Crippen LogP contribution in [0, 0.1) is 11.3 Å². The molecule has 98 valence electrons. The third-order valence-corrected chi connectivity index (χ3v) is 3.40. The van der Waals surface area contributed by atoms with E-state index in [1.807, 2.05) is 25.8 Å². The van der Waals surface area contributed by atoms with Crippen LogP contribution in [0.15, 0.2) is 0 Å². The number of hydrogen-bond acceptors (Lipinski definition) is 3. The highest BCUT2D eigenvalue weighted by molar-refractivity contribution is 5.81. The average Bonchev–Trinajstić information content (AvgIpc) is 2.33. The fraction of sp³-hybridized carbons (Fsp3) is 0.846. The van der Waals surface area contributed by atoms with Crippen LogP contribution in [-0.4, -0.2) is 36.0 Å². The first-order valence-electron chi connectivity index (χ1n) is 6.37. The summed E-state index contributed by atoms with van der Waals surface area (Å²) < 4.78 is 0. The van der Waals surface area contributed by atoms with E-state index >= 15 is 0 Å². The monoisotopic (exact) mass is 239 g/mol. The minimum absolute atomic E-state index is 0.0472. The van der Waals surface area contributed by atoms with Gasteiger partial charge in [0.05, 0.1) is 18.5 Å². The fourth-order valence-electron chi connectivity index (χ4n) is 1.66. The molecule has 0 fully saturated rings. The molecule has 0 saturated carbocycles. The van der Waals surface area contributed by atoms with Crippen molar-refractivity contribution in [2.45, 2.75) is 65.1 Å². The van der Waals surface area contributed by atoms with E-state index < -0.39 is 0 Å². The molecule has 0 rings (SSSR count). The molecule has 17 heavy (non-hydrogen) atoms. The molecule has 4 heteroatoms. The summed E-state index contributed by atoms with van der Waals surface area (Å²) in [6, 6.07) is 2.29. The highest BCUT2D eigenvalue weighted by atomic mass is 16.2. The van der Waals surface area contributed by atoms with Crippen LogP contribution in [0.2, 0.25) is 0 Å². The SMILES string of the molecule is CCC(CC)NC(=O)C(C)N(C)C(C)CC#N. The second-order valence-electron chi connectivity index (χ2n) is 4.57. The molecule has 0 aliphatic carbocycles. The lowest BCUT2D eigenvalue weighted by atomic mass is 10.1. The van der Waals surface area contributed by atoms with Crippen LogP contribution >= 0.6 is 0 Å². The van der Waals surface area contributed by atoms with Gasteiger partial charge in [-0.15, -0.1) is 0 Å². The van der Waals surface area contributed by atoms with Crippen molar-refractivity contribution in [1.29, 1.82) is 5.26 Å². The number of nitriles is 1. The Labute approximate surface area is 105 Å². The third kappa shape index (κ3) is 5.18. The number of carbonyl (C=O) groups is 1. The maximum absolute atomic E-state index is 12.0. The summed E-state index contributed by atoms with van der Waals surface area (Å²) in [4.78, 5) is 13.9. The first kappa shape index (κ1) is 15.9. The van der Waals surface area contributed by atoms with E-state index in [2.05, 4.69) is 25.2 Å².